The average Bonchev–Trinajstić information content (AvgIpc) is 3.48. The normalized spacial score (nSPS) is 15.1. The Morgan fingerprint density at radius 2 is 2.08 bits per heavy atom. The zero-order valence-corrected chi connectivity index (χ0v) is 21.8. The van der Waals surface area contributed by atoms with Crippen LogP contribution in [0.5, 0.6) is 0 Å². The molecular weight excluding hydrogens is 500 g/mol. The number of pyridine rings is 1. The first-order chi connectivity index (χ1) is 18.5. The second-order valence-electron chi connectivity index (χ2n) is 8.57. The lowest BCUT2D eigenvalue weighted by molar-refractivity contribution is 0.276. The number of nitrogens with one attached hydrogen (secondary N) is 5. The Morgan fingerprint density at radius 3 is 2.71 bits per heavy atom. The van der Waals surface area contributed by atoms with Gasteiger partial charge >= 0.3 is 0 Å². The maximum atomic E-state index is 10.2. The number of anilines is 2. The summed E-state index contributed by atoms with van der Waals surface area (Å²) in [4.78, 5) is 8.60. The third kappa shape index (κ3) is 5.63. The average molecular weight is 529 g/mol. The maximum Gasteiger partial charge on any atom is 0.103 e. The largest absolute Gasteiger partial charge is 0.394 e. The second kappa shape index (κ2) is 12.3. The molecule has 1 aromatic heterocycles. The minimum Gasteiger partial charge on any atom is -0.394 e. The molecular formula is C28H29ClN8O. The number of hydrogen-bond donors (Lipinski definition) is 6. The number of halogens is 1. The van der Waals surface area contributed by atoms with E-state index < -0.39 is 6.04 Å². The number of hydrogen-bond acceptors (Lipinski definition) is 9. The topological polar surface area (TPSA) is 129 Å². The number of hydrazine groups is 2. The summed E-state index contributed by atoms with van der Waals surface area (Å²) in [5, 5.41) is 28.0. The van der Waals surface area contributed by atoms with E-state index in [2.05, 4.69) is 49.8 Å². The zero-order valence-electron chi connectivity index (χ0n) is 21.1. The Balaban J connectivity index is 1.83. The van der Waals surface area contributed by atoms with E-state index in [4.69, 9.17) is 11.6 Å². The molecule has 0 spiro atoms. The highest BCUT2D eigenvalue weighted by Gasteiger charge is 2.23. The minimum atomic E-state index is -0.437. The number of aliphatic hydroxyl groups excluding tert-OH is 1. The van der Waals surface area contributed by atoms with Crippen LogP contribution in [-0.4, -0.2) is 29.5 Å². The molecule has 2 aromatic carbocycles. The molecule has 4 rings (SSSR count). The van der Waals surface area contributed by atoms with Gasteiger partial charge in [0.05, 0.1) is 46.2 Å². The minimum absolute atomic E-state index is 0.169. The molecule has 194 valence electrons. The van der Waals surface area contributed by atoms with E-state index >= 15 is 0 Å². The summed E-state index contributed by atoms with van der Waals surface area (Å²) in [5.74, 6) is 0. The number of nitriles is 1. The Labute approximate surface area is 226 Å². The van der Waals surface area contributed by atoms with Crippen LogP contribution in [0.1, 0.15) is 31.0 Å². The van der Waals surface area contributed by atoms with Crippen molar-refractivity contribution in [1.29, 1.82) is 5.26 Å². The third-order valence-corrected chi connectivity index (χ3v) is 6.48. The van der Waals surface area contributed by atoms with Crippen molar-refractivity contribution in [3.8, 4) is 6.07 Å². The number of nitrogens with zero attached hydrogens (tertiary/aromatic N) is 3. The van der Waals surface area contributed by atoms with E-state index in [9.17, 15) is 10.4 Å². The number of aromatic nitrogens is 1. The molecule has 9 nitrogen and oxygen atoms in total. The van der Waals surface area contributed by atoms with E-state index in [1.165, 1.54) is 6.20 Å². The van der Waals surface area contributed by atoms with Crippen LogP contribution >= 0.6 is 11.6 Å². The summed E-state index contributed by atoms with van der Waals surface area (Å²) in [6.45, 7) is 7.36. The molecule has 0 saturated carbocycles. The van der Waals surface area contributed by atoms with Gasteiger partial charge in [-0.2, -0.15) is 10.8 Å². The van der Waals surface area contributed by atoms with Crippen molar-refractivity contribution in [1.82, 2.24) is 21.4 Å². The van der Waals surface area contributed by atoms with Gasteiger partial charge in [-0.1, -0.05) is 54.1 Å². The lowest BCUT2D eigenvalue weighted by Gasteiger charge is -2.24. The van der Waals surface area contributed by atoms with Crippen LogP contribution in [0.15, 0.2) is 89.0 Å². The summed E-state index contributed by atoms with van der Waals surface area (Å²) in [7, 11) is 0. The first kappa shape index (κ1) is 26.7. The molecule has 2 atom stereocenters. The van der Waals surface area contributed by atoms with Crippen LogP contribution in [-0.2, 0) is 0 Å². The molecule has 1 unspecified atom stereocenters. The highest BCUT2D eigenvalue weighted by atomic mass is 35.5. The van der Waals surface area contributed by atoms with Gasteiger partial charge in [0, 0.05) is 34.7 Å². The van der Waals surface area contributed by atoms with Crippen molar-refractivity contribution in [3.05, 3.63) is 100 Å². The van der Waals surface area contributed by atoms with Crippen molar-refractivity contribution < 1.29 is 5.11 Å². The van der Waals surface area contributed by atoms with E-state index in [-0.39, 0.29) is 12.6 Å². The fraction of sp³-hybridized carbons (Fsp3) is 0.179. The van der Waals surface area contributed by atoms with Crippen LogP contribution < -0.4 is 27.0 Å². The predicted molar refractivity (Wildman–Crippen MR) is 153 cm³/mol. The highest BCUT2D eigenvalue weighted by Crippen LogP contribution is 2.36. The lowest BCUT2D eigenvalue weighted by Crippen LogP contribution is -2.37. The number of fused-ring (bicyclic) bond motifs is 1. The van der Waals surface area contributed by atoms with Gasteiger partial charge in [0.1, 0.15) is 6.07 Å². The molecule has 38 heavy (non-hydrogen) atoms. The van der Waals surface area contributed by atoms with Gasteiger partial charge < -0.3 is 26.6 Å². The molecule has 0 saturated heterocycles. The van der Waals surface area contributed by atoms with Crippen molar-refractivity contribution in [2.75, 3.05) is 17.2 Å². The number of rotatable bonds is 10. The monoisotopic (exact) mass is 528 g/mol. The summed E-state index contributed by atoms with van der Waals surface area (Å²) < 4.78 is 0. The summed E-state index contributed by atoms with van der Waals surface area (Å²) >= 11 is 6.72. The van der Waals surface area contributed by atoms with Crippen molar-refractivity contribution in [3.63, 3.8) is 0 Å². The summed E-state index contributed by atoms with van der Waals surface area (Å²) in [5.41, 5.74) is 14.4. The van der Waals surface area contributed by atoms with Gasteiger partial charge in [0.25, 0.3) is 0 Å². The van der Waals surface area contributed by atoms with Crippen LogP contribution in [0.4, 0.5) is 11.4 Å². The molecule has 3 aromatic rings. The number of benzene rings is 2. The molecule has 6 N–H and O–H groups in total. The molecule has 1 aliphatic rings. The molecule has 2 heterocycles. The standard InChI is InChI=1S/C28H29ClN8O/c1-4-8-21(17(2)31-3)28(24-15-33-37-36-24)34-20-11-22-26(19(13-30)14-32-27(22)23(29)12-20)35-25(16-38)18-9-6-5-7-10-18/h4-12,14-15,25,28,33-34,36-38H,3,16H2,1-2H3,(H,32,35)/b8-4-,21-17+/t25?,28-/m0/s1. The fourth-order valence-electron chi connectivity index (χ4n) is 4.28. The Hall–Kier alpha value is -4.36. The van der Waals surface area contributed by atoms with E-state index in [1.807, 2.05) is 68.6 Å². The highest BCUT2D eigenvalue weighted by molar-refractivity contribution is 6.35. The SMILES string of the molecule is C=N/C(C)=C(\C=C/C)[C@H](Nc1cc(Cl)c2ncc(C#N)c(NC(CO)c3ccccc3)c2c1)C1=CNNN1. The van der Waals surface area contributed by atoms with Gasteiger partial charge in [0.15, 0.2) is 0 Å². The van der Waals surface area contributed by atoms with Crippen LogP contribution in [0.25, 0.3) is 10.9 Å². The Bertz CT molecular complexity index is 1460. The molecule has 0 aliphatic carbocycles. The van der Waals surface area contributed by atoms with Gasteiger partial charge in [-0.25, -0.2) is 0 Å². The third-order valence-electron chi connectivity index (χ3n) is 6.19. The quantitative estimate of drug-likeness (QED) is 0.165. The van der Waals surface area contributed by atoms with Gasteiger partial charge in [-0.05, 0) is 38.3 Å². The molecule has 0 amide bonds. The Kier molecular flexibility index (Phi) is 8.61. The molecule has 1 aliphatic heterocycles. The zero-order chi connectivity index (χ0) is 27.1. The summed E-state index contributed by atoms with van der Waals surface area (Å²) in [6.07, 6.45) is 7.21. The van der Waals surface area contributed by atoms with E-state index in [1.54, 1.807) is 6.07 Å². The van der Waals surface area contributed by atoms with E-state index in [0.717, 1.165) is 22.5 Å². The van der Waals surface area contributed by atoms with Gasteiger partial charge in [0.2, 0.25) is 0 Å². The van der Waals surface area contributed by atoms with Crippen LogP contribution in [0.2, 0.25) is 5.02 Å². The van der Waals surface area contributed by atoms with Crippen LogP contribution in [0, 0.1) is 11.3 Å². The summed E-state index contributed by atoms with van der Waals surface area (Å²) in [6, 6.07) is 14.7. The van der Waals surface area contributed by atoms with Gasteiger partial charge in [-0.15, -0.1) is 0 Å². The molecule has 0 fully saturated rings. The molecule has 10 heteroatoms. The van der Waals surface area contributed by atoms with Crippen molar-refractivity contribution >= 4 is 40.6 Å². The molecule has 0 radical (unpaired) electrons. The molecule has 0 bridgehead atoms. The van der Waals surface area contributed by atoms with Crippen molar-refractivity contribution in [2.24, 2.45) is 4.99 Å². The van der Waals surface area contributed by atoms with Gasteiger partial charge in [-0.3, -0.25) is 9.98 Å². The maximum absolute atomic E-state index is 10.2. The predicted octanol–water partition coefficient (Wildman–Crippen LogP) is 4.69. The number of aliphatic hydroxyl groups is 1. The lowest BCUT2D eigenvalue weighted by atomic mass is 10.0. The van der Waals surface area contributed by atoms with E-state index in [0.29, 0.717) is 32.9 Å². The second-order valence-corrected chi connectivity index (χ2v) is 8.98. The first-order valence-electron chi connectivity index (χ1n) is 12.0. The Morgan fingerprint density at radius 1 is 1.29 bits per heavy atom. The smallest absolute Gasteiger partial charge is 0.103 e. The fourth-order valence-corrected chi connectivity index (χ4v) is 4.55. The van der Waals surface area contributed by atoms with Crippen molar-refractivity contribution in [2.45, 2.75) is 25.9 Å². The number of allylic oxidation sites excluding steroid dienone is 2. The first-order valence-corrected chi connectivity index (χ1v) is 12.4. The number of aliphatic imine (C=N–C) groups is 1. The van der Waals surface area contributed by atoms with Crippen LogP contribution in [0.3, 0.4) is 0 Å².